The summed E-state index contributed by atoms with van der Waals surface area (Å²) in [6, 6.07) is 10.1. The van der Waals surface area contributed by atoms with Crippen molar-refractivity contribution in [3.05, 3.63) is 41.9 Å². The highest BCUT2D eigenvalue weighted by atomic mass is 32.1. The van der Waals surface area contributed by atoms with E-state index in [-0.39, 0.29) is 0 Å². The van der Waals surface area contributed by atoms with Crippen LogP contribution in [0.15, 0.2) is 41.9 Å². The second-order valence-electron chi connectivity index (χ2n) is 3.62. The Morgan fingerprint density at radius 1 is 1.06 bits per heavy atom. The quantitative estimate of drug-likeness (QED) is 0.726. The Balaban J connectivity index is 1.95. The molecule has 0 aliphatic heterocycles. The molecule has 1 aromatic carbocycles. The number of H-pyrrole nitrogens is 1. The number of aromatic amines is 1. The van der Waals surface area contributed by atoms with Crippen molar-refractivity contribution in [2.45, 2.75) is 0 Å². The van der Waals surface area contributed by atoms with Gasteiger partial charge in [0.05, 0.1) is 11.4 Å². The third-order valence-electron chi connectivity index (χ3n) is 2.51. The van der Waals surface area contributed by atoms with Gasteiger partial charge in [-0.2, -0.15) is 5.10 Å². The van der Waals surface area contributed by atoms with Gasteiger partial charge in [-0.1, -0.05) is 24.3 Å². The van der Waals surface area contributed by atoms with Gasteiger partial charge in [-0.05, 0) is 11.6 Å². The van der Waals surface area contributed by atoms with Crippen LogP contribution in [0.5, 0.6) is 0 Å². The standard InChI is InChI=1S/C12H10N4S/c13-12-15-11(7-17-12)9-3-1-8(2-4-9)10-5-6-14-16-10/h1-7H,(H2,13,15)(H,14,16). The maximum Gasteiger partial charge on any atom is 0.180 e. The molecule has 0 saturated heterocycles. The van der Waals surface area contributed by atoms with Gasteiger partial charge in [0.25, 0.3) is 0 Å². The maximum absolute atomic E-state index is 5.62. The molecule has 4 nitrogen and oxygen atoms in total. The fourth-order valence-electron chi connectivity index (χ4n) is 1.66. The van der Waals surface area contributed by atoms with E-state index in [0.29, 0.717) is 5.13 Å². The lowest BCUT2D eigenvalue weighted by Crippen LogP contribution is -1.83. The smallest absolute Gasteiger partial charge is 0.180 e. The number of thiazole rings is 1. The van der Waals surface area contributed by atoms with Crippen LogP contribution in [0.2, 0.25) is 0 Å². The number of benzene rings is 1. The molecule has 5 heteroatoms. The zero-order valence-electron chi connectivity index (χ0n) is 8.92. The molecule has 0 unspecified atom stereocenters. The number of aromatic nitrogens is 3. The summed E-state index contributed by atoms with van der Waals surface area (Å²) in [6.45, 7) is 0. The van der Waals surface area contributed by atoms with Gasteiger partial charge in [-0.15, -0.1) is 11.3 Å². The predicted octanol–water partition coefficient (Wildman–Crippen LogP) is 2.78. The Morgan fingerprint density at radius 2 is 1.82 bits per heavy atom. The topological polar surface area (TPSA) is 67.6 Å². The minimum atomic E-state index is 0.595. The summed E-state index contributed by atoms with van der Waals surface area (Å²) in [6.07, 6.45) is 1.74. The molecule has 0 amide bonds. The van der Waals surface area contributed by atoms with E-state index in [9.17, 15) is 0 Å². The maximum atomic E-state index is 5.62. The SMILES string of the molecule is Nc1nc(-c2ccc(-c3ccn[nH]3)cc2)cs1. The van der Waals surface area contributed by atoms with Crippen molar-refractivity contribution in [3.8, 4) is 22.5 Å². The highest BCUT2D eigenvalue weighted by Gasteiger charge is 2.03. The van der Waals surface area contributed by atoms with Crippen molar-refractivity contribution >= 4 is 16.5 Å². The third-order valence-corrected chi connectivity index (χ3v) is 3.19. The summed E-state index contributed by atoms with van der Waals surface area (Å²) in [5.41, 5.74) is 9.72. The van der Waals surface area contributed by atoms with Crippen molar-refractivity contribution < 1.29 is 0 Å². The van der Waals surface area contributed by atoms with E-state index in [0.717, 1.165) is 22.5 Å². The zero-order chi connectivity index (χ0) is 11.7. The Bertz CT molecular complexity index is 610. The molecule has 3 aromatic rings. The second kappa shape index (κ2) is 4.03. The fraction of sp³-hybridized carbons (Fsp3) is 0. The van der Waals surface area contributed by atoms with Crippen molar-refractivity contribution in [2.75, 3.05) is 5.73 Å². The van der Waals surface area contributed by atoms with Gasteiger partial charge in [0.1, 0.15) is 0 Å². The average Bonchev–Trinajstić information content (AvgIpc) is 3.00. The van der Waals surface area contributed by atoms with Gasteiger partial charge in [0.15, 0.2) is 5.13 Å². The summed E-state index contributed by atoms with van der Waals surface area (Å²) in [4.78, 5) is 4.25. The Hall–Kier alpha value is -2.14. The predicted molar refractivity (Wildman–Crippen MR) is 69.5 cm³/mol. The van der Waals surface area contributed by atoms with Crippen molar-refractivity contribution in [3.63, 3.8) is 0 Å². The van der Waals surface area contributed by atoms with Crippen molar-refractivity contribution in [1.29, 1.82) is 0 Å². The molecule has 0 saturated carbocycles. The highest BCUT2D eigenvalue weighted by Crippen LogP contribution is 2.25. The molecule has 84 valence electrons. The zero-order valence-corrected chi connectivity index (χ0v) is 9.74. The van der Waals surface area contributed by atoms with Crippen LogP contribution in [0, 0.1) is 0 Å². The first-order valence-electron chi connectivity index (χ1n) is 5.14. The molecule has 0 bridgehead atoms. The van der Waals surface area contributed by atoms with E-state index >= 15 is 0 Å². The first-order chi connectivity index (χ1) is 8.33. The summed E-state index contributed by atoms with van der Waals surface area (Å²) in [7, 11) is 0. The van der Waals surface area contributed by atoms with Crippen molar-refractivity contribution in [1.82, 2.24) is 15.2 Å². The first kappa shape index (κ1) is 10.0. The molecule has 0 aliphatic carbocycles. The monoisotopic (exact) mass is 242 g/mol. The summed E-state index contributed by atoms with van der Waals surface area (Å²) < 4.78 is 0. The number of hydrogen-bond acceptors (Lipinski definition) is 4. The minimum absolute atomic E-state index is 0.595. The van der Waals surface area contributed by atoms with Crippen LogP contribution >= 0.6 is 11.3 Å². The van der Waals surface area contributed by atoms with E-state index in [4.69, 9.17) is 5.73 Å². The first-order valence-corrected chi connectivity index (χ1v) is 6.02. The Morgan fingerprint density at radius 3 is 2.41 bits per heavy atom. The van der Waals surface area contributed by atoms with Gasteiger partial charge >= 0.3 is 0 Å². The number of hydrogen-bond donors (Lipinski definition) is 2. The van der Waals surface area contributed by atoms with Crippen LogP contribution in [-0.2, 0) is 0 Å². The Kier molecular flexibility index (Phi) is 2.38. The summed E-state index contributed by atoms with van der Waals surface area (Å²) >= 11 is 1.45. The molecular formula is C12H10N4S. The molecule has 17 heavy (non-hydrogen) atoms. The van der Waals surface area contributed by atoms with Gasteiger partial charge in [0.2, 0.25) is 0 Å². The summed E-state index contributed by atoms with van der Waals surface area (Å²) in [5, 5.41) is 9.42. The van der Waals surface area contributed by atoms with Crippen LogP contribution < -0.4 is 5.73 Å². The van der Waals surface area contributed by atoms with E-state index in [1.165, 1.54) is 11.3 Å². The van der Waals surface area contributed by atoms with Gasteiger partial charge in [-0.25, -0.2) is 4.98 Å². The van der Waals surface area contributed by atoms with Crippen LogP contribution in [-0.4, -0.2) is 15.2 Å². The normalized spacial score (nSPS) is 10.6. The number of nitrogens with one attached hydrogen (secondary N) is 1. The number of rotatable bonds is 2. The number of nitrogens with two attached hydrogens (primary N) is 1. The van der Waals surface area contributed by atoms with E-state index in [2.05, 4.69) is 15.2 Å². The number of nitrogen functional groups attached to an aromatic ring is 1. The molecule has 2 heterocycles. The molecule has 0 radical (unpaired) electrons. The minimum Gasteiger partial charge on any atom is -0.375 e. The Labute approximate surface area is 102 Å². The molecule has 2 aromatic heterocycles. The third kappa shape index (κ3) is 1.92. The average molecular weight is 242 g/mol. The number of anilines is 1. The number of nitrogens with zero attached hydrogens (tertiary/aromatic N) is 2. The van der Waals surface area contributed by atoms with Gasteiger partial charge in [-0.3, -0.25) is 5.10 Å². The van der Waals surface area contributed by atoms with Gasteiger partial charge in [0, 0.05) is 17.1 Å². The van der Waals surface area contributed by atoms with E-state index < -0.39 is 0 Å². The largest absolute Gasteiger partial charge is 0.375 e. The van der Waals surface area contributed by atoms with Crippen LogP contribution in [0.3, 0.4) is 0 Å². The lowest BCUT2D eigenvalue weighted by atomic mass is 10.1. The molecule has 3 rings (SSSR count). The fourth-order valence-corrected chi connectivity index (χ4v) is 2.23. The lowest BCUT2D eigenvalue weighted by molar-refractivity contribution is 1.10. The van der Waals surface area contributed by atoms with Gasteiger partial charge < -0.3 is 5.73 Å². The second-order valence-corrected chi connectivity index (χ2v) is 4.51. The van der Waals surface area contributed by atoms with Crippen molar-refractivity contribution in [2.24, 2.45) is 0 Å². The molecular weight excluding hydrogens is 232 g/mol. The lowest BCUT2D eigenvalue weighted by Gasteiger charge is -1.99. The molecule has 0 aliphatic rings. The van der Waals surface area contributed by atoms with Crippen LogP contribution in [0.1, 0.15) is 0 Å². The van der Waals surface area contributed by atoms with E-state index in [1.54, 1.807) is 6.20 Å². The van der Waals surface area contributed by atoms with Crippen LogP contribution in [0.4, 0.5) is 5.13 Å². The molecule has 3 N–H and O–H groups in total. The molecule has 0 fully saturated rings. The van der Waals surface area contributed by atoms with Crippen LogP contribution in [0.25, 0.3) is 22.5 Å². The summed E-state index contributed by atoms with van der Waals surface area (Å²) in [5.74, 6) is 0. The molecule has 0 spiro atoms. The van der Waals surface area contributed by atoms with E-state index in [1.807, 2.05) is 35.7 Å². The highest BCUT2D eigenvalue weighted by molar-refractivity contribution is 7.13. The molecule has 0 atom stereocenters.